The maximum absolute atomic E-state index is 10.6. The fourth-order valence-corrected chi connectivity index (χ4v) is 2.99. The van der Waals surface area contributed by atoms with Gasteiger partial charge in [-0.3, -0.25) is 0 Å². The van der Waals surface area contributed by atoms with Crippen LogP contribution in [0, 0.1) is 30.6 Å². The monoisotopic (exact) mass is 229 g/mol. The number of nitrogens with zero attached hydrogens (tertiary/aromatic N) is 1. The van der Waals surface area contributed by atoms with Crippen molar-refractivity contribution < 1.29 is 5.11 Å². The van der Waals surface area contributed by atoms with Crippen LogP contribution < -0.4 is 0 Å². The van der Waals surface area contributed by atoms with E-state index in [0.717, 1.165) is 42.4 Å². The van der Waals surface area contributed by atoms with E-state index in [1.807, 2.05) is 32.0 Å². The third-order valence-electron chi connectivity index (χ3n) is 4.06. The highest BCUT2D eigenvalue weighted by atomic mass is 16.3. The smallest absolute Gasteiger partial charge is 0.0981 e. The Labute approximate surface area is 103 Å². The highest BCUT2D eigenvalue weighted by Crippen LogP contribution is 2.48. The summed E-state index contributed by atoms with van der Waals surface area (Å²) in [5.41, 5.74) is 2.56. The molecule has 0 amide bonds. The quantitative estimate of drug-likeness (QED) is 0.844. The molecular weight excluding hydrogens is 210 g/mol. The van der Waals surface area contributed by atoms with Crippen LogP contribution in [0.5, 0.6) is 0 Å². The number of aliphatic hydroxyl groups excluding tert-OH is 1. The van der Waals surface area contributed by atoms with Crippen LogP contribution >= 0.6 is 0 Å². The largest absolute Gasteiger partial charge is 0.387 e. The van der Waals surface area contributed by atoms with Gasteiger partial charge in [0.15, 0.2) is 0 Å². The van der Waals surface area contributed by atoms with Gasteiger partial charge in [-0.15, -0.1) is 0 Å². The van der Waals surface area contributed by atoms with Gasteiger partial charge in [-0.05, 0) is 43.4 Å². The predicted molar refractivity (Wildman–Crippen MR) is 67.4 cm³/mol. The summed E-state index contributed by atoms with van der Waals surface area (Å²) in [6.45, 7) is 4.01. The lowest BCUT2D eigenvalue weighted by atomic mass is 9.76. The Morgan fingerprint density at radius 2 is 1.76 bits per heavy atom. The lowest BCUT2D eigenvalue weighted by molar-refractivity contribution is 0.0660. The zero-order chi connectivity index (χ0) is 12.5. The highest BCUT2D eigenvalue weighted by molar-refractivity contribution is 5.37. The maximum Gasteiger partial charge on any atom is 0.0981 e. The number of rotatable bonds is 2. The fourth-order valence-electron chi connectivity index (χ4n) is 2.99. The summed E-state index contributed by atoms with van der Waals surface area (Å²) in [6.07, 6.45) is 3.10. The summed E-state index contributed by atoms with van der Waals surface area (Å²) in [7, 11) is 0. The average Bonchev–Trinajstić information content (AvgIpc) is 2.78. The van der Waals surface area contributed by atoms with Crippen molar-refractivity contribution in [1.82, 2.24) is 0 Å². The summed E-state index contributed by atoms with van der Waals surface area (Å²) in [4.78, 5) is 0. The Balaban J connectivity index is 2.43. The fraction of sp³-hybridized carbons (Fsp3) is 0.533. The lowest BCUT2D eigenvalue weighted by Gasteiger charge is -2.29. The van der Waals surface area contributed by atoms with Crippen LogP contribution in [0.4, 0.5) is 0 Å². The van der Waals surface area contributed by atoms with Gasteiger partial charge in [-0.2, -0.15) is 5.26 Å². The standard InChI is InChI=1S/C15H19NO/c1-11-6-5-7-12(2)13(11)14(17)15(10-16)8-3-4-9-15/h5-7,14,17H,3-4,8-9H2,1-2H3. The molecule has 1 fully saturated rings. The molecule has 0 bridgehead atoms. The van der Waals surface area contributed by atoms with Crippen LogP contribution in [-0.2, 0) is 0 Å². The molecule has 0 radical (unpaired) electrons. The molecule has 17 heavy (non-hydrogen) atoms. The first-order chi connectivity index (χ1) is 8.10. The molecule has 1 atom stereocenters. The normalized spacial score (nSPS) is 19.9. The van der Waals surface area contributed by atoms with Crippen molar-refractivity contribution >= 4 is 0 Å². The molecule has 1 aromatic rings. The van der Waals surface area contributed by atoms with Crippen LogP contribution in [0.3, 0.4) is 0 Å². The van der Waals surface area contributed by atoms with E-state index in [1.165, 1.54) is 0 Å². The first-order valence-electron chi connectivity index (χ1n) is 6.26. The molecule has 1 aromatic carbocycles. The molecule has 2 heteroatoms. The van der Waals surface area contributed by atoms with Gasteiger partial charge in [0, 0.05) is 0 Å². The molecule has 2 nitrogen and oxygen atoms in total. The summed E-state index contributed by atoms with van der Waals surface area (Å²) in [5, 5.41) is 20.0. The summed E-state index contributed by atoms with van der Waals surface area (Å²) >= 11 is 0. The second-order valence-corrected chi connectivity index (χ2v) is 5.18. The SMILES string of the molecule is Cc1cccc(C)c1C(O)C1(C#N)CCCC1. The molecule has 1 aliphatic carbocycles. The van der Waals surface area contributed by atoms with Crippen LogP contribution in [0.1, 0.15) is 48.5 Å². The van der Waals surface area contributed by atoms with Crippen molar-refractivity contribution in [2.24, 2.45) is 5.41 Å². The number of aryl methyl sites for hydroxylation is 2. The minimum atomic E-state index is -0.642. The molecule has 1 N–H and O–H groups in total. The van der Waals surface area contributed by atoms with Gasteiger partial charge in [0.25, 0.3) is 0 Å². The molecule has 0 saturated heterocycles. The molecule has 90 valence electrons. The third kappa shape index (κ3) is 1.96. The van der Waals surface area contributed by atoms with Crippen molar-refractivity contribution in [2.75, 3.05) is 0 Å². The Morgan fingerprint density at radius 3 is 2.24 bits per heavy atom. The molecule has 1 aliphatic rings. The first kappa shape index (κ1) is 12.1. The average molecular weight is 229 g/mol. The molecular formula is C15H19NO. The molecule has 0 aromatic heterocycles. The van der Waals surface area contributed by atoms with E-state index in [9.17, 15) is 10.4 Å². The Morgan fingerprint density at radius 1 is 1.24 bits per heavy atom. The minimum absolute atomic E-state index is 0.559. The number of benzene rings is 1. The van der Waals surface area contributed by atoms with Crippen LogP contribution in [-0.4, -0.2) is 5.11 Å². The number of aliphatic hydroxyl groups is 1. The van der Waals surface area contributed by atoms with E-state index in [4.69, 9.17) is 0 Å². The third-order valence-corrected chi connectivity index (χ3v) is 4.06. The molecule has 1 saturated carbocycles. The summed E-state index contributed by atoms with van der Waals surface area (Å²) in [6, 6.07) is 8.39. The predicted octanol–water partition coefficient (Wildman–Crippen LogP) is 3.42. The Kier molecular flexibility index (Phi) is 3.22. The van der Waals surface area contributed by atoms with E-state index >= 15 is 0 Å². The van der Waals surface area contributed by atoms with Crippen molar-refractivity contribution in [3.05, 3.63) is 34.9 Å². The van der Waals surface area contributed by atoms with Crippen LogP contribution in [0.25, 0.3) is 0 Å². The van der Waals surface area contributed by atoms with Gasteiger partial charge in [0.05, 0.1) is 17.6 Å². The van der Waals surface area contributed by atoms with Crippen molar-refractivity contribution in [2.45, 2.75) is 45.6 Å². The summed E-state index contributed by atoms with van der Waals surface area (Å²) in [5.74, 6) is 0. The number of hydrogen-bond donors (Lipinski definition) is 1. The molecule has 2 rings (SSSR count). The molecule has 0 aliphatic heterocycles. The van der Waals surface area contributed by atoms with Crippen molar-refractivity contribution in [1.29, 1.82) is 5.26 Å². The van der Waals surface area contributed by atoms with E-state index in [0.29, 0.717) is 0 Å². The van der Waals surface area contributed by atoms with E-state index in [2.05, 4.69) is 6.07 Å². The van der Waals surface area contributed by atoms with Crippen LogP contribution in [0.15, 0.2) is 18.2 Å². The zero-order valence-corrected chi connectivity index (χ0v) is 10.5. The van der Waals surface area contributed by atoms with Crippen molar-refractivity contribution in [3.63, 3.8) is 0 Å². The topological polar surface area (TPSA) is 44.0 Å². The van der Waals surface area contributed by atoms with Crippen molar-refractivity contribution in [3.8, 4) is 6.07 Å². The van der Waals surface area contributed by atoms with Gasteiger partial charge in [-0.1, -0.05) is 31.0 Å². The molecule has 0 spiro atoms. The molecule has 1 unspecified atom stereocenters. The summed E-state index contributed by atoms with van der Waals surface area (Å²) < 4.78 is 0. The van der Waals surface area contributed by atoms with Crippen LogP contribution in [0.2, 0.25) is 0 Å². The Bertz CT molecular complexity index is 432. The number of hydrogen-bond acceptors (Lipinski definition) is 2. The van der Waals surface area contributed by atoms with Gasteiger partial charge < -0.3 is 5.11 Å². The maximum atomic E-state index is 10.6. The van der Waals surface area contributed by atoms with Gasteiger partial charge >= 0.3 is 0 Å². The Hall–Kier alpha value is -1.33. The van der Waals surface area contributed by atoms with E-state index in [-0.39, 0.29) is 0 Å². The van der Waals surface area contributed by atoms with Gasteiger partial charge in [0.2, 0.25) is 0 Å². The van der Waals surface area contributed by atoms with E-state index in [1.54, 1.807) is 0 Å². The highest BCUT2D eigenvalue weighted by Gasteiger charge is 2.42. The first-order valence-corrected chi connectivity index (χ1v) is 6.26. The second-order valence-electron chi connectivity index (χ2n) is 5.18. The molecule has 0 heterocycles. The zero-order valence-electron chi connectivity index (χ0n) is 10.5. The van der Waals surface area contributed by atoms with Gasteiger partial charge in [0.1, 0.15) is 0 Å². The van der Waals surface area contributed by atoms with E-state index < -0.39 is 11.5 Å². The number of nitriles is 1. The second kappa shape index (κ2) is 4.50. The van der Waals surface area contributed by atoms with Gasteiger partial charge in [-0.25, -0.2) is 0 Å². The minimum Gasteiger partial charge on any atom is -0.387 e. The lowest BCUT2D eigenvalue weighted by Crippen LogP contribution is -2.25.